The Labute approximate surface area is 180 Å². The van der Waals surface area contributed by atoms with Crippen molar-refractivity contribution in [3.8, 4) is 6.07 Å². The van der Waals surface area contributed by atoms with Crippen molar-refractivity contribution in [3.05, 3.63) is 59.2 Å². The zero-order valence-corrected chi connectivity index (χ0v) is 16.7. The van der Waals surface area contributed by atoms with Gasteiger partial charge in [0.15, 0.2) is 0 Å². The molecule has 0 saturated heterocycles. The Balaban J connectivity index is 2.14. The van der Waals surface area contributed by atoms with E-state index in [1.54, 1.807) is 0 Å². The number of nitrogens with zero attached hydrogens (tertiary/aromatic N) is 3. The highest BCUT2D eigenvalue weighted by Gasteiger charge is 2.62. The van der Waals surface area contributed by atoms with Gasteiger partial charge in [0.2, 0.25) is 0 Å². The van der Waals surface area contributed by atoms with E-state index in [0.29, 0.717) is 5.56 Å². The van der Waals surface area contributed by atoms with Crippen molar-refractivity contribution in [2.24, 2.45) is 16.9 Å². The molecule has 0 radical (unpaired) electrons. The molecule has 168 valence electrons. The summed E-state index contributed by atoms with van der Waals surface area (Å²) < 4.78 is 40.7. The number of carbonyl (C=O) groups excluding carboxylic acids is 2. The summed E-state index contributed by atoms with van der Waals surface area (Å²) >= 11 is 0. The van der Waals surface area contributed by atoms with Crippen LogP contribution in [0.1, 0.15) is 39.6 Å². The number of hydrogen-bond acceptors (Lipinski definition) is 7. The monoisotopic (exact) mass is 448 g/mol. The molecule has 3 rings (SSSR count). The Hall–Kier alpha value is -3.56. The summed E-state index contributed by atoms with van der Waals surface area (Å²) in [4.78, 5) is 32.0. The molecule has 4 unspecified atom stereocenters. The first-order valence-electron chi connectivity index (χ1n) is 9.32. The van der Waals surface area contributed by atoms with E-state index in [9.17, 15) is 33.1 Å². The molecule has 4 atom stereocenters. The van der Waals surface area contributed by atoms with Crippen molar-refractivity contribution in [2.75, 3.05) is 0 Å². The minimum absolute atomic E-state index is 0.0677. The van der Waals surface area contributed by atoms with Crippen molar-refractivity contribution in [2.45, 2.75) is 37.2 Å². The highest BCUT2D eigenvalue weighted by molar-refractivity contribution is 5.92. The number of nitrogens with two attached hydrogens (primary N) is 2. The summed E-state index contributed by atoms with van der Waals surface area (Å²) in [5.74, 6) is -2.75. The SMILES string of the molecule is Cc1ccc(C(O)(C(N)=O)C(F)(F)F)cc1C(NC(=O)c1cnccn1)C1(C#N)CC1N. The number of aliphatic hydroxyl groups is 1. The van der Waals surface area contributed by atoms with Crippen LogP contribution in [0.3, 0.4) is 0 Å². The molecule has 0 bridgehead atoms. The number of amides is 2. The predicted molar refractivity (Wildman–Crippen MR) is 103 cm³/mol. The summed E-state index contributed by atoms with van der Waals surface area (Å²) in [7, 11) is 0. The minimum Gasteiger partial charge on any atom is -0.369 e. The molecular formula is C20H19F3N6O3. The van der Waals surface area contributed by atoms with E-state index < -0.39 is 46.7 Å². The van der Waals surface area contributed by atoms with Gasteiger partial charge in [0.05, 0.1) is 23.7 Å². The number of nitriles is 1. The summed E-state index contributed by atoms with van der Waals surface area (Å²) in [5.41, 5.74) is 5.08. The fourth-order valence-corrected chi connectivity index (χ4v) is 3.56. The van der Waals surface area contributed by atoms with Gasteiger partial charge in [-0.05, 0) is 30.5 Å². The first-order chi connectivity index (χ1) is 14.9. The zero-order valence-electron chi connectivity index (χ0n) is 16.7. The molecule has 0 aliphatic heterocycles. The lowest BCUT2D eigenvalue weighted by Crippen LogP contribution is -2.52. The van der Waals surface area contributed by atoms with Crippen LogP contribution in [-0.4, -0.2) is 39.1 Å². The minimum atomic E-state index is -5.41. The Bertz CT molecular complexity index is 1100. The van der Waals surface area contributed by atoms with Crippen LogP contribution in [0.25, 0.3) is 0 Å². The lowest BCUT2D eigenvalue weighted by atomic mass is 9.83. The molecule has 32 heavy (non-hydrogen) atoms. The number of benzene rings is 1. The van der Waals surface area contributed by atoms with Crippen LogP contribution in [0.5, 0.6) is 0 Å². The largest absolute Gasteiger partial charge is 0.430 e. The number of alkyl halides is 3. The summed E-state index contributed by atoms with van der Waals surface area (Å²) in [6.45, 7) is 1.54. The maximum Gasteiger partial charge on any atom is 0.430 e. The first kappa shape index (κ1) is 23.1. The number of primary amides is 1. The third-order valence-electron chi connectivity index (χ3n) is 5.63. The lowest BCUT2D eigenvalue weighted by molar-refractivity contribution is -0.255. The molecule has 1 aliphatic carbocycles. The predicted octanol–water partition coefficient (Wildman–Crippen LogP) is 0.732. The Morgan fingerprint density at radius 3 is 2.50 bits per heavy atom. The molecule has 1 aromatic heterocycles. The maximum absolute atomic E-state index is 13.6. The third kappa shape index (κ3) is 3.65. The highest BCUT2D eigenvalue weighted by Crippen LogP contribution is 2.54. The van der Waals surface area contributed by atoms with Gasteiger partial charge in [0.1, 0.15) is 5.69 Å². The molecule has 2 amide bonds. The fraction of sp³-hybridized carbons (Fsp3) is 0.350. The van der Waals surface area contributed by atoms with Gasteiger partial charge in [0.25, 0.3) is 17.4 Å². The number of rotatable bonds is 6. The average Bonchev–Trinajstić information content (AvgIpc) is 3.42. The first-order valence-corrected chi connectivity index (χ1v) is 9.32. The number of halogens is 3. The van der Waals surface area contributed by atoms with Gasteiger partial charge in [-0.15, -0.1) is 0 Å². The molecule has 1 fully saturated rings. The van der Waals surface area contributed by atoms with Crippen molar-refractivity contribution >= 4 is 11.8 Å². The van der Waals surface area contributed by atoms with Gasteiger partial charge in [-0.1, -0.05) is 12.1 Å². The molecule has 12 heteroatoms. The van der Waals surface area contributed by atoms with Gasteiger partial charge in [-0.3, -0.25) is 14.6 Å². The van der Waals surface area contributed by atoms with E-state index in [1.165, 1.54) is 31.6 Å². The summed E-state index contributed by atoms with van der Waals surface area (Å²) in [6, 6.07) is 3.25. The quantitative estimate of drug-likeness (QED) is 0.505. The fourth-order valence-electron chi connectivity index (χ4n) is 3.56. The standard InChI is InChI=1S/C20H19F3N6O3/c1-10-2-3-11(19(32,17(26)31)20(21,22)23)6-12(10)15(18(9-24)7-14(18)25)29-16(30)13-8-27-4-5-28-13/h2-6,8,14-15,32H,7,25H2,1H3,(H2,26,31)(H,29,30). The van der Waals surface area contributed by atoms with Crippen molar-refractivity contribution in [3.63, 3.8) is 0 Å². The molecule has 2 aromatic rings. The van der Waals surface area contributed by atoms with E-state index >= 15 is 0 Å². The van der Waals surface area contributed by atoms with Crippen LogP contribution in [0, 0.1) is 23.7 Å². The van der Waals surface area contributed by atoms with Gasteiger partial charge in [0, 0.05) is 24.0 Å². The van der Waals surface area contributed by atoms with E-state index in [1.807, 2.05) is 6.07 Å². The van der Waals surface area contributed by atoms with Crippen LogP contribution in [0.2, 0.25) is 0 Å². The molecular weight excluding hydrogens is 429 g/mol. The normalized spacial score (nSPS) is 22.8. The van der Waals surface area contributed by atoms with E-state index in [4.69, 9.17) is 11.5 Å². The van der Waals surface area contributed by atoms with Crippen LogP contribution >= 0.6 is 0 Å². The number of nitrogens with one attached hydrogen (secondary N) is 1. The second kappa shape index (κ2) is 7.85. The summed E-state index contributed by atoms with van der Waals surface area (Å²) in [6.07, 6.45) is -1.45. The molecule has 0 spiro atoms. The van der Waals surface area contributed by atoms with Gasteiger partial charge >= 0.3 is 6.18 Å². The second-order valence-corrected chi connectivity index (χ2v) is 7.60. The smallest absolute Gasteiger partial charge is 0.369 e. The van der Waals surface area contributed by atoms with Crippen LogP contribution in [0.4, 0.5) is 13.2 Å². The molecule has 1 saturated carbocycles. The second-order valence-electron chi connectivity index (χ2n) is 7.60. The van der Waals surface area contributed by atoms with Crippen molar-refractivity contribution in [1.29, 1.82) is 5.26 Å². The van der Waals surface area contributed by atoms with Crippen molar-refractivity contribution in [1.82, 2.24) is 15.3 Å². The molecule has 1 heterocycles. The Morgan fingerprint density at radius 2 is 2.03 bits per heavy atom. The van der Waals surface area contributed by atoms with Crippen LogP contribution in [-0.2, 0) is 10.4 Å². The highest BCUT2D eigenvalue weighted by atomic mass is 19.4. The number of carbonyl (C=O) groups is 2. The van der Waals surface area contributed by atoms with Gasteiger partial charge in [-0.2, -0.15) is 18.4 Å². The van der Waals surface area contributed by atoms with Gasteiger partial charge < -0.3 is 21.9 Å². The molecule has 6 N–H and O–H groups in total. The van der Waals surface area contributed by atoms with E-state index in [0.717, 1.165) is 12.1 Å². The van der Waals surface area contributed by atoms with Crippen LogP contribution in [0.15, 0.2) is 36.8 Å². The van der Waals surface area contributed by atoms with Crippen molar-refractivity contribution < 1.29 is 27.9 Å². The lowest BCUT2D eigenvalue weighted by Gasteiger charge is -2.30. The Morgan fingerprint density at radius 1 is 1.38 bits per heavy atom. The summed E-state index contributed by atoms with van der Waals surface area (Å²) in [5, 5.41) is 22.6. The number of aromatic nitrogens is 2. The maximum atomic E-state index is 13.6. The Kier molecular flexibility index (Phi) is 5.67. The topological polar surface area (TPSA) is 168 Å². The molecule has 1 aliphatic rings. The average molecular weight is 448 g/mol. The number of hydrogen-bond donors (Lipinski definition) is 4. The zero-order chi connectivity index (χ0) is 23.9. The van der Waals surface area contributed by atoms with E-state index in [-0.39, 0.29) is 17.7 Å². The van der Waals surface area contributed by atoms with E-state index in [2.05, 4.69) is 15.3 Å². The third-order valence-corrected chi connectivity index (χ3v) is 5.63. The molecule has 9 nitrogen and oxygen atoms in total. The van der Waals surface area contributed by atoms with Crippen LogP contribution < -0.4 is 16.8 Å². The number of aryl methyl sites for hydroxylation is 1. The van der Waals surface area contributed by atoms with Gasteiger partial charge in [-0.25, -0.2) is 4.98 Å². The molecule has 1 aromatic carbocycles.